The van der Waals surface area contributed by atoms with Gasteiger partial charge in [0.25, 0.3) is 5.91 Å². The molecule has 2 atom stereocenters. The fourth-order valence-corrected chi connectivity index (χ4v) is 4.57. The van der Waals surface area contributed by atoms with Gasteiger partial charge in [-0.25, -0.2) is 4.98 Å². The second kappa shape index (κ2) is 8.95. The maximum atomic E-state index is 12.8. The Labute approximate surface area is 178 Å². The smallest absolute Gasteiger partial charge is 0.271 e. The molecule has 6 nitrogen and oxygen atoms in total. The summed E-state index contributed by atoms with van der Waals surface area (Å²) in [5.41, 5.74) is 2.85. The lowest BCUT2D eigenvalue weighted by Gasteiger charge is -2.49. The van der Waals surface area contributed by atoms with Gasteiger partial charge < -0.3 is 10.1 Å². The van der Waals surface area contributed by atoms with Crippen molar-refractivity contribution in [1.82, 2.24) is 20.2 Å². The summed E-state index contributed by atoms with van der Waals surface area (Å²) in [7, 11) is 0. The molecule has 2 fully saturated rings. The van der Waals surface area contributed by atoms with Crippen molar-refractivity contribution in [3.63, 3.8) is 0 Å². The number of nitrogens with one attached hydrogen (secondary N) is 1. The van der Waals surface area contributed by atoms with Crippen LogP contribution in [-0.4, -0.2) is 52.1 Å². The summed E-state index contributed by atoms with van der Waals surface area (Å²) in [6.07, 6.45) is 12.9. The van der Waals surface area contributed by atoms with Crippen LogP contribution in [-0.2, 0) is 11.3 Å². The minimum absolute atomic E-state index is 0.0486. The van der Waals surface area contributed by atoms with Gasteiger partial charge in [-0.15, -0.1) is 6.42 Å². The first-order valence-electron chi connectivity index (χ1n) is 10.6. The normalized spacial score (nSPS) is 24.3. The van der Waals surface area contributed by atoms with Crippen molar-refractivity contribution in [2.45, 2.75) is 50.8 Å². The summed E-state index contributed by atoms with van der Waals surface area (Å²) in [5, 5.41) is 3.20. The van der Waals surface area contributed by atoms with Crippen molar-refractivity contribution < 1.29 is 9.53 Å². The Kier molecular flexibility index (Phi) is 6.12. The molecule has 1 N–H and O–H groups in total. The molecule has 2 aromatic rings. The van der Waals surface area contributed by atoms with Crippen molar-refractivity contribution in [1.29, 1.82) is 0 Å². The van der Waals surface area contributed by atoms with E-state index < -0.39 is 0 Å². The highest BCUT2D eigenvalue weighted by Crippen LogP contribution is 2.35. The molecule has 2 aliphatic rings. The molecule has 1 amide bonds. The lowest BCUT2D eigenvalue weighted by Crippen LogP contribution is -2.64. The molecule has 1 saturated carbocycles. The molecule has 1 aliphatic carbocycles. The van der Waals surface area contributed by atoms with Crippen LogP contribution in [0.25, 0.3) is 0 Å². The Morgan fingerprint density at radius 1 is 1.33 bits per heavy atom. The quantitative estimate of drug-likeness (QED) is 0.794. The molecule has 4 rings (SSSR count). The largest absolute Gasteiger partial charge is 0.370 e. The van der Waals surface area contributed by atoms with E-state index in [1.54, 1.807) is 6.20 Å². The number of ether oxygens (including phenoxy) is 1. The van der Waals surface area contributed by atoms with E-state index in [2.05, 4.69) is 32.2 Å². The van der Waals surface area contributed by atoms with Gasteiger partial charge in [0, 0.05) is 31.4 Å². The first-order chi connectivity index (χ1) is 14.6. The Balaban J connectivity index is 1.49. The average molecular weight is 405 g/mol. The van der Waals surface area contributed by atoms with Crippen molar-refractivity contribution >= 4 is 5.91 Å². The molecular formula is C24H28N4O2. The van der Waals surface area contributed by atoms with Crippen LogP contribution in [0.5, 0.6) is 0 Å². The van der Waals surface area contributed by atoms with Gasteiger partial charge >= 0.3 is 0 Å². The summed E-state index contributed by atoms with van der Waals surface area (Å²) >= 11 is 0. The molecule has 1 spiro atoms. The highest BCUT2D eigenvalue weighted by atomic mass is 16.5. The molecule has 30 heavy (non-hydrogen) atoms. The van der Waals surface area contributed by atoms with E-state index in [0.29, 0.717) is 12.3 Å². The van der Waals surface area contributed by atoms with Gasteiger partial charge in [0.05, 0.1) is 24.5 Å². The number of morpholine rings is 1. The Hall–Kier alpha value is -2.75. The Morgan fingerprint density at radius 2 is 2.20 bits per heavy atom. The van der Waals surface area contributed by atoms with Gasteiger partial charge in [-0.2, -0.15) is 0 Å². The second-order valence-electron chi connectivity index (χ2n) is 8.24. The van der Waals surface area contributed by atoms with Crippen molar-refractivity contribution in [2.75, 3.05) is 19.7 Å². The zero-order chi connectivity index (χ0) is 21.0. The zero-order valence-electron chi connectivity index (χ0n) is 17.4. The van der Waals surface area contributed by atoms with Crippen LogP contribution >= 0.6 is 0 Å². The first kappa shape index (κ1) is 20.5. The number of hydrogen-bond donors (Lipinski definition) is 1. The molecule has 1 aliphatic heterocycles. The Morgan fingerprint density at radius 3 is 3.00 bits per heavy atom. The van der Waals surface area contributed by atoms with Crippen molar-refractivity contribution in [3.8, 4) is 12.3 Å². The first-order valence-corrected chi connectivity index (χ1v) is 10.6. The second-order valence-corrected chi connectivity index (χ2v) is 8.24. The van der Waals surface area contributed by atoms with Crippen LogP contribution in [0.3, 0.4) is 0 Å². The van der Waals surface area contributed by atoms with Crippen LogP contribution in [0.1, 0.15) is 53.0 Å². The fourth-order valence-electron chi connectivity index (χ4n) is 4.57. The van der Waals surface area contributed by atoms with Gasteiger partial charge in [-0.05, 0) is 31.4 Å². The van der Waals surface area contributed by atoms with E-state index in [9.17, 15) is 4.79 Å². The number of nitrogens with zero attached hydrogens (tertiary/aromatic N) is 3. The monoisotopic (exact) mass is 404 g/mol. The molecule has 156 valence electrons. The number of aromatic nitrogens is 2. The average Bonchev–Trinajstić information content (AvgIpc) is 2.76. The van der Waals surface area contributed by atoms with Crippen LogP contribution in [0, 0.1) is 19.3 Å². The summed E-state index contributed by atoms with van der Waals surface area (Å²) in [6, 6.07) is 8.02. The third kappa shape index (κ3) is 4.38. The SMILES string of the molecule is C#Cc1ccccc1CN1CCO[C@@]2(CCCC[C@@H]2NC(=O)c2cnc(C)cn2)C1. The molecule has 6 heteroatoms. The molecule has 0 radical (unpaired) electrons. The van der Waals surface area contributed by atoms with Gasteiger partial charge in [0.15, 0.2) is 0 Å². The van der Waals surface area contributed by atoms with E-state index in [1.165, 1.54) is 6.20 Å². The van der Waals surface area contributed by atoms with Crippen molar-refractivity contribution in [2.24, 2.45) is 0 Å². The number of carbonyl (C=O) groups is 1. The van der Waals surface area contributed by atoms with Crippen LogP contribution in [0.2, 0.25) is 0 Å². The summed E-state index contributed by atoms with van der Waals surface area (Å²) in [5.74, 6) is 2.60. The lowest BCUT2D eigenvalue weighted by atomic mass is 9.78. The number of carbonyl (C=O) groups excluding carboxylic acids is 1. The number of amides is 1. The van der Waals surface area contributed by atoms with Crippen LogP contribution < -0.4 is 5.32 Å². The van der Waals surface area contributed by atoms with Gasteiger partial charge in [0.2, 0.25) is 0 Å². The molecule has 1 saturated heterocycles. The summed E-state index contributed by atoms with van der Waals surface area (Å²) in [6.45, 7) is 4.92. The van der Waals surface area contributed by atoms with Gasteiger partial charge in [-0.3, -0.25) is 14.7 Å². The molecule has 1 aromatic carbocycles. The number of benzene rings is 1. The zero-order valence-corrected chi connectivity index (χ0v) is 17.4. The third-order valence-electron chi connectivity index (χ3n) is 6.15. The molecule has 2 heterocycles. The fraction of sp³-hybridized carbons (Fsp3) is 0.458. The third-order valence-corrected chi connectivity index (χ3v) is 6.15. The van der Waals surface area contributed by atoms with E-state index in [1.807, 2.05) is 25.1 Å². The number of terminal acetylenes is 1. The van der Waals surface area contributed by atoms with Gasteiger partial charge in [0.1, 0.15) is 11.3 Å². The molecule has 0 unspecified atom stereocenters. The summed E-state index contributed by atoms with van der Waals surface area (Å²) < 4.78 is 6.37. The summed E-state index contributed by atoms with van der Waals surface area (Å²) in [4.78, 5) is 23.6. The van der Waals surface area contributed by atoms with E-state index >= 15 is 0 Å². The molecule has 0 bridgehead atoms. The minimum Gasteiger partial charge on any atom is -0.370 e. The minimum atomic E-state index is -0.380. The predicted octanol–water partition coefficient (Wildman–Crippen LogP) is 2.71. The molecular weight excluding hydrogens is 376 g/mol. The topological polar surface area (TPSA) is 67.3 Å². The number of hydrogen-bond acceptors (Lipinski definition) is 5. The van der Waals surface area contributed by atoms with Gasteiger partial charge in [-0.1, -0.05) is 37.0 Å². The Bertz CT molecular complexity index is 933. The van der Waals surface area contributed by atoms with Crippen LogP contribution in [0.15, 0.2) is 36.7 Å². The maximum Gasteiger partial charge on any atom is 0.271 e. The maximum absolute atomic E-state index is 12.8. The highest BCUT2D eigenvalue weighted by Gasteiger charge is 2.46. The lowest BCUT2D eigenvalue weighted by molar-refractivity contribution is -0.143. The van der Waals surface area contributed by atoms with E-state index in [4.69, 9.17) is 11.2 Å². The molecule has 1 aromatic heterocycles. The number of rotatable bonds is 4. The number of aryl methyl sites for hydroxylation is 1. The predicted molar refractivity (Wildman–Crippen MR) is 115 cm³/mol. The van der Waals surface area contributed by atoms with Crippen LogP contribution in [0.4, 0.5) is 0 Å². The van der Waals surface area contributed by atoms with E-state index in [0.717, 1.165) is 62.1 Å². The highest BCUT2D eigenvalue weighted by molar-refractivity contribution is 5.92. The van der Waals surface area contributed by atoms with E-state index in [-0.39, 0.29) is 17.6 Å². The van der Waals surface area contributed by atoms with Crippen molar-refractivity contribution in [3.05, 3.63) is 59.2 Å². The standard InChI is InChI=1S/C24H28N4O2/c1-3-19-8-4-5-9-20(19)16-28-12-13-30-24(17-28)11-7-6-10-22(24)27-23(29)21-15-25-18(2)14-26-21/h1,4-5,8-9,14-15,22H,6-7,10-13,16-17H2,2H3,(H,27,29)/t22-,24-/m0/s1.